The minimum atomic E-state index is 0.643. The molecule has 0 radical (unpaired) electrons. The molecule has 1 aromatic rings. The molecule has 0 unspecified atom stereocenters. The molecule has 0 spiro atoms. The first-order valence-electron chi connectivity index (χ1n) is 6.60. The van der Waals surface area contributed by atoms with Crippen LogP contribution in [0.15, 0.2) is 18.2 Å². The highest BCUT2D eigenvalue weighted by atomic mass is 15.1. The maximum absolute atomic E-state index is 3.21. The fourth-order valence-corrected chi connectivity index (χ4v) is 2.34. The van der Waals surface area contributed by atoms with Crippen molar-refractivity contribution in [1.82, 2.24) is 5.32 Å². The van der Waals surface area contributed by atoms with Gasteiger partial charge in [0.2, 0.25) is 0 Å². The van der Waals surface area contributed by atoms with Gasteiger partial charge < -0.3 is 10.2 Å². The highest BCUT2D eigenvalue weighted by Crippen LogP contribution is 2.22. The Bertz CT molecular complexity index is 343. The molecular formula is C15H26N2. The van der Waals surface area contributed by atoms with E-state index in [0.29, 0.717) is 6.04 Å². The Labute approximate surface area is 106 Å². The van der Waals surface area contributed by atoms with Crippen molar-refractivity contribution in [3.8, 4) is 0 Å². The van der Waals surface area contributed by atoms with Crippen LogP contribution in [-0.2, 0) is 6.54 Å². The van der Waals surface area contributed by atoms with Gasteiger partial charge in [-0.1, -0.05) is 19.9 Å². The van der Waals surface area contributed by atoms with Gasteiger partial charge in [-0.05, 0) is 50.1 Å². The Hall–Kier alpha value is -1.02. The smallest absolute Gasteiger partial charge is 0.0368 e. The van der Waals surface area contributed by atoms with Crippen molar-refractivity contribution in [1.29, 1.82) is 0 Å². The minimum Gasteiger partial charge on any atom is -0.372 e. The highest BCUT2D eigenvalue weighted by molar-refractivity contribution is 5.51. The van der Waals surface area contributed by atoms with Crippen molar-refractivity contribution >= 4 is 5.69 Å². The van der Waals surface area contributed by atoms with Gasteiger partial charge in [-0.15, -0.1) is 0 Å². The first kappa shape index (κ1) is 14.0. The quantitative estimate of drug-likeness (QED) is 0.812. The Kier molecular flexibility index (Phi) is 5.49. The van der Waals surface area contributed by atoms with Gasteiger partial charge >= 0.3 is 0 Å². The average Bonchev–Trinajstić information content (AvgIpc) is 2.33. The zero-order valence-electron chi connectivity index (χ0n) is 11.9. The van der Waals surface area contributed by atoms with E-state index in [-0.39, 0.29) is 0 Å². The van der Waals surface area contributed by atoms with Crippen LogP contribution in [0.3, 0.4) is 0 Å². The number of hydrogen-bond donors (Lipinski definition) is 1. The molecule has 1 aromatic carbocycles. The largest absolute Gasteiger partial charge is 0.372 e. The highest BCUT2D eigenvalue weighted by Gasteiger charge is 2.11. The lowest BCUT2D eigenvalue weighted by atomic mass is 10.1. The fraction of sp³-hybridized carbons (Fsp3) is 0.600. The molecule has 0 aliphatic carbocycles. The number of anilines is 1. The molecule has 0 fully saturated rings. The second-order valence-corrected chi connectivity index (χ2v) is 4.72. The van der Waals surface area contributed by atoms with Gasteiger partial charge in [0.15, 0.2) is 0 Å². The predicted octanol–water partition coefficient (Wildman–Crippen LogP) is 3.34. The molecule has 0 aromatic heterocycles. The Morgan fingerprint density at radius 3 is 2.35 bits per heavy atom. The van der Waals surface area contributed by atoms with Gasteiger partial charge in [0.1, 0.15) is 0 Å². The lowest BCUT2D eigenvalue weighted by molar-refractivity contribution is 0.591. The van der Waals surface area contributed by atoms with Gasteiger partial charge in [-0.25, -0.2) is 0 Å². The van der Waals surface area contributed by atoms with Crippen molar-refractivity contribution in [3.63, 3.8) is 0 Å². The first-order valence-corrected chi connectivity index (χ1v) is 6.60. The second kappa shape index (κ2) is 6.65. The molecule has 0 heterocycles. The molecule has 2 nitrogen and oxygen atoms in total. The third kappa shape index (κ3) is 3.47. The zero-order chi connectivity index (χ0) is 12.8. The molecule has 1 rings (SSSR count). The Balaban J connectivity index is 2.88. The third-order valence-corrected chi connectivity index (χ3v) is 3.59. The summed E-state index contributed by atoms with van der Waals surface area (Å²) in [6.45, 7) is 7.65. The number of aryl methyl sites for hydroxylation is 1. The summed E-state index contributed by atoms with van der Waals surface area (Å²) in [4.78, 5) is 2.40. The first-order chi connectivity index (χ1) is 8.13. The third-order valence-electron chi connectivity index (χ3n) is 3.59. The number of rotatable bonds is 6. The zero-order valence-corrected chi connectivity index (χ0v) is 11.9. The van der Waals surface area contributed by atoms with E-state index in [1.807, 2.05) is 7.05 Å². The average molecular weight is 234 g/mol. The van der Waals surface area contributed by atoms with Crippen LogP contribution in [0, 0.1) is 6.92 Å². The maximum Gasteiger partial charge on any atom is 0.0368 e. The van der Waals surface area contributed by atoms with Crippen molar-refractivity contribution in [2.24, 2.45) is 0 Å². The van der Waals surface area contributed by atoms with Crippen LogP contribution in [0.1, 0.15) is 37.8 Å². The maximum atomic E-state index is 3.21. The van der Waals surface area contributed by atoms with Gasteiger partial charge in [0, 0.05) is 25.3 Å². The number of nitrogens with one attached hydrogen (secondary N) is 1. The molecule has 17 heavy (non-hydrogen) atoms. The van der Waals surface area contributed by atoms with E-state index in [1.54, 1.807) is 0 Å². The van der Waals surface area contributed by atoms with Crippen LogP contribution >= 0.6 is 0 Å². The van der Waals surface area contributed by atoms with Crippen LogP contribution in [-0.4, -0.2) is 20.1 Å². The molecule has 96 valence electrons. The summed E-state index contributed by atoms with van der Waals surface area (Å²) in [5.41, 5.74) is 4.08. The summed E-state index contributed by atoms with van der Waals surface area (Å²) < 4.78 is 0. The monoisotopic (exact) mass is 234 g/mol. The van der Waals surface area contributed by atoms with E-state index >= 15 is 0 Å². The molecule has 0 amide bonds. The van der Waals surface area contributed by atoms with Crippen molar-refractivity contribution in [2.45, 2.75) is 46.2 Å². The van der Waals surface area contributed by atoms with E-state index < -0.39 is 0 Å². The van der Waals surface area contributed by atoms with E-state index in [1.165, 1.54) is 29.7 Å². The summed E-state index contributed by atoms with van der Waals surface area (Å²) >= 11 is 0. The lowest BCUT2D eigenvalue weighted by Crippen LogP contribution is -2.30. The van der Waals surface area contributed by atoms with Crippen LogP contribution in [0.25, 0.3) is 0 Å². The molecular weight excluding hydrogens is 208 g/mol. The standard InChI is InChI=1S/C15H26N2/c1-6-14(7-2)17(5)15-9-8-13(11-16-4)12(3)10-15/h8-10,14,16H,6-7,11H2,1-5H3. The molecule has 0 aliphatic rings. The summed E-state index contributed by atoms with van der Waals surface area (Å²) in [5, 5.41) is 3.21. The molecule has 1 N–H and O–H groups in total. The summed E-state index contributed by atoms with van der Waals surface area (Å²) in [6.07, 6.45) is 2.40. The van der Waals surface area contributed by atoms with Crippen LogP contribution in [0.4, 0.5) is 5.69 Å². The number of nitrogens with zero attached hydrogens (tertiary/aromatic N) is 1. The summed E-state index contributed by atoms with van der Waals surface area (Å²) in [5.74, 6) is 0. The SMILES string of the molecule is CCC(CC)N(C)c1ccc(CNC)c(C)c1. The van der Waals surface area contributed by atoms with Gasteiger partial charge in [0.05, 0.1) is 0 Å². The van der Waals surface area contributed by atoms with Crippen molar-refractivity contribution in [3.05, 3.63) is 29.3 Å². The van der Waals surface area contributed by atoms with E-state index in [2.05, 4.69) is 56.2 Å². The lowest BCUT2D eigenvalue weighted by Gasteiger charge is -2.29. The number of benzene rings is 1. The Morgan fingerprint density at radius 2 is 1.88 bits per heavy atom. The second-order valence-electron chi connectivity index (χ2n) is 4.72. The predicted molar refractivity (Wildman–Crippen MR) is 76.7 cm³/mol. The topological polar surface area (TPSA) is 15.3 Å². The van der Waals surface area contributed by atoms with Crippen LogP contribution in [0.5, 0.6) is 0 Å². The molecule has 0 bridgehead atoms. The Morgan fingerprint density at radius 1 is 1.24 bits per heavy atom. The summed E-state index contributed by atoms with van der Waals surface area (Å²) in [6, 6.07) is 7.41. The van der Waals surface area contributed by atoms with Crippen molar-refractivity contribution in [2.75, 3.05) is 19.0 Å². The summed E-state index contributed by atoms with van der Waals surface area (Å²) in [7, 11) is 4.19. The molecule has 0 saturated heterocycles. The number of hydrogen-bond acceptors (Lipinski definition) is 2. The minimum absolute atomic E-state index is 0.643. The molecule has 0 atom stereocenters. The molecule has 2 heteroatoms. The van der Waals surface area contributed by atoms with Crippen LogP contribution < -0.4 is 10.2 Å². The van der Waals surface area contributed by atoms with E-state index in [4.69, 9.17) is 0 Å². The van der Waals surface area contributed by atoms with Gasteiger partial charge in [0.25, 0.3) is 0 Å². The van der Waals surface area contributed by atoms with E-state index in [9.17, 15) is 0 Å². The van der Waals surface area contributed by atoms with Gasteiger partial charge in [-0.2, -0.15) is 0 Å². The van der Waals surface area contributed by atoms with Gasteiger partial charge in [-0.3, -0.25) is 0 Å². The van der Waals surface area contributed by atoms with Crippen LogP contribution in [0.2, 0.25) is 0 Å². The normalized spacial score (nSPS) is 10.9. The van der Waals surface area contributed by atoms with Crippen molar-refractivity contribution < 1.29 is 0 Å². The molecule has 0 aliphatic heterocycles. The fourth-order valence-electron chi connectivity index (χ4n) is 2.34. The van der Waals surface area contributed by atoms with E-state index in [0.717, 1.165) is 6.54 Å². The molecule has 0 saturated carbocycles.